The van der Waals surface area contributed by atoms with Gasteiger partial charge in [-0.2, -0.15) is 0 Å². The maximum Gasteiger partial charge on any atom is 0.264 e. The Balaban J connectivity index is 0.00000272. The summed E-state index contributed by atoms with van der Waals surface area (Å²) in [4.78, 5) is 20.6. The predicted octanol–water partition coefficient (Wildman–Crippen LogP) is 2.74. The van der Waals surface area contributed by atoms with Crippen molar-refractivity contribution in [1.29, 1.82) is 0 Å². The number of hydrogen-bond acceptors (Lipinski definition) is 5. The molecule has 8 nitrogen and oxygen atoms in total. The molecule has 3 aromatic rings. The highest BCUT2D eigenvalue weighted by Crippen LogP contribution is 2.30. The van der Waals surface area contributed by atoms with Crippen LogP contribution in [0.5, 0.6) is 0 Å². The van der Waals surface area contributed by atoms with Crippen molar-refractivity contribution >= 4 is 33.3 Å². The molecule has 3 N–H and O–H groups in total. The van der Waals surface area contributed by atoms with Gasteiger partial charge in [-0.25, -0.2) is 26.9 Å². The number of nitrogens with one attached hydrogen (secondary N) is 3. The number of sulfonamides is 1. The Morgan fingerprint density at radius 3 is 2.83 bits per heavy atom. The van der Waals surface area contributed by atoms with Crippen molar-refractivity contribution < 1.29 is 23.4 Å². The van der Waals surface area contributed by atoms with Gasteiger partial charge < -0.3 is 15.2 Å². The summed E-state index contributed by atoms with van der Waals surface area (Å²) in [7, 11) is -3.83. The van der Waals surface area contributed by atoms with Crippen LogP contribution < -0.4 is 14.9 Å². The summed E-state index contributed by atoms with van der Waals surface area (Å²) in [5.74, 6) is -1.52. The van der Waals surface area contributed by atoms with Crippen molar-refractivity contribution in [3.8, 4) is 0 Å². The molecule has 0 atom stereocenters. The van der Waals surface area contributed by atoms with Crippen molar-refractivity contribution in [2.45, 2.75) is 11.3 Å². The molecular formula is C19H19F2N5O3S. The number of benzene rings is 2. The van der Waals surface area contributed by atoms with Gasteiger partial charge >= 0.3 is 0 Å². The molecule has 30 heavy (non-hydrogen) atoms. The second kappa shape index (κ2) is 7.75. The van der Waals surface area contributed by atoms with Crippen LogP contribution in [0.15, 0.2) is 53.7 Å². The third-order valence-corrected chi connectivity index (χ3v) is 5.98. The van der Waals surface area contributed by atoms with Gasteiger partial charge in [0.05, 0.1) is 17.1 Å². The Morgan fingerprint density at radius 2 is 2.07 bits per heavy atom. The molecule has 0 saturated carbocycles. The average molecular weight is 435 g/mol. The van der Waals surface area contributed by atoms with Crippen LogP contribution in [0.3, 0.4) is 0 Å². The van der Waals surface area contributed by atoms with Gasteiger partial charge in [0.25, 0.3) is 10.0 Å². The summed E-state index contributed by atoms with van der Waals surface area (Å²) >= 11 is 0. The maximum atomic E-state index is 13.7. The Hall–Kier alpha value is -3.47. The number of rotatable bonds is 6. The Bertz CT molecular complexity index is 1210. The van der Waals surface area contributed by atoms with Gasteiger partial charge in [0.15, 0.2) is 0 Å². The van der Waals surface area contributed by atoms with Gasteiger partial charge in [-0.3, -0.25) is 4.79 Å². The van der Waals surface area contributed by atoms with E-state index >= 15 is 0 Å². The lowest BCUT2D eigenvalue weighted by molar-refractivity contribution is -0.116. The molecule has 158 valence electrons. The van der Waals surface area contributed by atoms with Crippen molar-refractivity contribution in [2.24, 2.45) is 0 Å². The Kier molecular flexibility index (Phi) is 5.12. The van der Waals surface area contributed by atoms with Crippen LogP contribution in [0.4, 0.5) is 26.1 Å². The largest absolute Gasteiger partial charge is 0.374 e. The second-order valence-corrected chi connectivity index (χ2v) is 8.29. The van der Waals surface area contributed by atoms with Crippen molar-refractivity contribution in [3.05, 3.63) is 66.0 Å². The first-order valence-corrected chi connectivity index (χ1v) is 10.5. The van der Waals surface area contributed by atoms with E-state index in [0.29, 0.717) is 24.2 Å². The first-order chi connectivity index (χ1) is 14.3. The minimum Gasteiger partial charge on any atom is -0.374 e. The van der Waals surface area contributed by atoms with E-state index in [1.807, 2.05) is 0 Å². The molecule has 0 spiro atoms. The summed E-state index contributed by atoms with van der Waals surface area (Å²) in [6, 6.07) is 7.41. The molecule has 0 saturated heterocycles. The first-order valence-electron chi connectivity index (χ1n) is 8.98. The molecular weight excluding hydrogens is 416 g/mol. The molecule has 1 aliphatic rings. The summed E-state index contributed by atoms with van der Waals surface area (Å²) in [5.41, 5.74) is 1.18. The number of carbonyl (C=O) groups is 1. The van der Waals surface area contributed by atoms with Crippen molar-refractivity contribution in [3.63, 3.8) is 0 Å². The number of anilines is 3. The zero-order valence-electron chi connectivity index (χ0n) is 15.5. The average Bonchev–Trinajstić information content (AvgIpc) is 3.37. The number of amides is 1. The summed E-state index contributed by atoms with van der Waals surface area (Å²) < 4.78 is 54.3. The lowest BCUT2D eigenvalue weighted by Crippen LogP contribution is -2.34. The molecule has 4 rings (SSSR count). The molecule has 2 heterocycles. The van der Waals surface area contributed by atoms with Crippen LogP contribution in [-0.4, -0.2) is 37.4 Å². The minimum absolute atomic E-state index is 0. The SMILES string of the molecule is O=C(CNc1cc(F)ccc1F)N1CCc2cc(S(=O)(=O)Nc3ncc[nH]3)ccc21.[HH]. The molecule has 1 amide bonds. The number of fused-ring (bicyclic) bond motifs is 1. The smallest absolute Gasteiger partial charge is 0.264 e. The van der Waals surface area contributed by atoms with Gasteiger partial charge in [-0.1, -0.05) is 0 Å². The second-order valence-electron chi connectivity index (χ2n) is 6.61. The fourth-order valence-corrected chi connectivity index (χ4v) is 4.24. The van der Waals surface area contributed by atoms with Crippen molar-refractivity contribution in [1.82, 2.24) is 9.97 Å². The molecule has 1 aromatic heterocycles. The van der Waals surface area contributed by atoms with Gasteiger partial charge in [-0.05, 0) is 48.4 Å². The summed E-state index contributed by atoms with van der Waals surface area (Å²) in [6.45, 7) is 0.122. The van der Waals surface area contributed by atoms with Crippen LogP contribution >= 0.6 is 0 Å². The van der Waals surface area contributed by atoms with E-state index in [2.05, 4.69) is 20.0 Å². The molecule has 0 unspecified atom stereocenters. The number of aromatic amines is 1. The molecule has 1 aliphatic heterocycles. The number of aromatic nitrogens is 2. The van der Waals surface area contributed by atoms with E-state index in [1.165, 1.54) is 29.4 Å². The highest BCUT2D eigenvalue weighted by molar-refractivity contribution is 7.92. The maximum absolute atomic E-state index is 13.7. The monoisotopic (exact) mass is 435 g/mol. The number of imidazole rings is 1. The highest BCUT2D eigenvalue weighted by atomic mass is 32.2. The standard InChI is InChI=1S/C19H17F2N5O3S.H2/c20-13-1-3-15(21)16(10-13)24-11-18(27)26-8-5-12-9-14(2-4-17(12)26)30(28,29)25-19-22-6-7-23-19;/h1-4,6-7,9-10,24H,5,8,11H2,(H2,22,23,25);1H. The lowest BCUT2D eigenvalue weighted by atomic mass is 10.2. The van der Waals surface area contributed by atoms with Crippen LogP contribution in [0.1, 0.15) is 6.99 Å². The number of nitrogens with zero attached hydrogens (tertiary/aromatic N) is 2. The topological polar surface area (TPSA) is 107 Å². The van der Waals surface area contributed by atoms with Crippen LogP contribution in [-0.2, 0) is 21.2 Å². The number of carbonyl (C=O) groups excluding carboxylic acids is 1. The van der Waals surface area contributed by atoms with Gasteiger partial charge in [0, 0.05) is 26.1 Å². The summed E-state index contributed by atoms with van der Waals surface area (Å²) in [6.07, 6.45) is 3.39. The molecule has 0 bridgehead atoms. The zero-order chi connectivity index (χ0) is 21.3. The number of halogens is 2. The van der Waals surface area contributed by atoms with Crippen LogP contribution in [0.25, 0.3) is 0 Å². The quantitative estimate of drug-likeness (QED) is 0.552. The van der Waals surface area contributed by atoms with E-state index in [1.54, 1.807) is 6.07 Å². The van der Waals surface area contributed by atoms with E-state index < -0.39 is 21.7 Å². The number of H-pyrrole nitrogens is 1. The van der Waals surface area contributed by atoms with Crippen LogP contribution in [0, 0.1) is 11.6 Å². The molecule has 11 heteroatoms. The van der Waals surface area contributed by atoms with Gasteiger partial charge in [-0.15, -0.1) is 0 Å². The minimum atomic E-state index is -3.83. The Morgan fingerprint density at radius 1 is 1.23 bits per heavy atom. The predicted molar refractivity (Wildman–Crippen MR) is 109 cm³/mol. The van der Waals surface area contributed by atoms with E-state index in [4.69, 9.17) is 0 Å². The van der Waals surface area contributed by atoms with E-state index in [9.17, 15) is 22.0 Å². The molecule has 0 aliphatic carbocycles. The third kappa shape index (κ3) is 3.96. The fourth-order valence-electron chi connectivity index (χ4n) is 3.21. The zero-order valence-corrected chi connectivity index (χ0v) is 16.3. The van der Waals surface area contributed by atoms with E-state index in [-0.39, 0.29) is 30.4 Å². The first kappa shape index (κ1) is 19.8. The van der Waals surface area contributed by atoms with Crippen LogP contribution in [0.2, 0.25) is 0 Å². The lowest BCUT2D eigenvalue weighted by Gasteiger charge is -2.18. The Labute approximate surface area is 172 Å². The summed E-state index contributed by atoms with van der Waals surface area (Å²) in [5, 5.41) is 2.60. The molecule has 2 aromatic carbocycles. The van der Waals surface area contributed by atoms with Gasteiger partial charge in [0.2, 0.25) is 11.9 Å². The van der Waals surface area contributed by atoms with Crippen molar-refractivity contribution in [2.75, 3.05) is 28.0 Å². The fraction of sp³-hybridized carbons (Fsp3) is 0.158. The highest BCUT2D eigenvalue weighted by Gasteiger charge is 2.27. The number of hydrogen-bond donors (Lipinski definition) is 3. The normalized spacial score (nSPS) is 13.2. The van der Waals surface area contributed by atoms with E-state index in [0.717, 1.165) is 18.2 Å². The molecule has 0 fully saturated rings. The molecule has 0 radical (unpaired) electrons. The van der Waals surface area contributed by atoms with Gasteiger partial charge in [0.1, 0.15) is 11.6 Å². The third-order valence-electron chi connectivity index (χ3n) is 4.65.